The van der Waals surface area contributed by atoms with Gasteiger partial charge in [0, 0.05) is 11.4 Å². The Morgan fingerprint density at radius 1 is 0.547 bits per heavy atom. The van der Waals surface area contributed by atoms with Gasteiger partial charge in [0.1, 0.15) is 0 Å². The Balaban J connectivity index is 1.61. The van der Waals surface area contributed by atoms with Crippen LogP contribution in [0.2, 0.25) is 0 Å². The van der Waals surface area contributed by atoms with E-state index in [2.05, 4.69) is 18.8 Å². The van der Waals surface area contributed by atoms with Crippen LogP contribution in [0.5, 0.6) is 0 Å². The van der Waals surface area contributed by atoms with Crippen LogP contribution >= 0.6 is 23.5 Å². The quantitative estimate of drug-likeness (QED) is 0.0386. The molecule has 0 aliphatic carbocycles. The molecule has 53 heavy (non-hydrogen) atoms. The number of carbonyl (C=O) groups is 2. The monoisotopic (exact) mass is 764 g/mol. The first-order valence-electron chi connectivity index (χ1n) is 20.2. The maximum atomic E-state index is 12.9. The zero-order chi connectivity index (χ0) is 37.9. The van der Waals surface area contributed by atoms with E-state index in [0.29, 0.717) is 16.3 Å². The van der Waals surface area contributed by atoms with E-state index in [1.54, 1.807) is 0 Å². The second kappa shape index (κ2) is 27.5. The molecule has 1 heterocycles. The van der Waals surface area contributed by atoms with Gasteiger partial charge >= 0.3 is 11.9 Å². The van der Waals surface area contributed by atoms with Gasteiger partial charge in [-0.2, -0.15) is 15.0 Å². The maximum Gasteiger partial charge on any atom is 0.316 e. The van der Waals surface area contributed by atoms with E-state index in [-0.39, 0.29) is 35.7 Å². The molecular formula is C43H64N4O4S2. The number of unbranched alkanes of at least 4 members (excludes halogenated alkanes) is 14. The molecule has 0 unspecified atom stereocenters. The smallest absolute Gasteiger partial charge is 0.316 e. The van der Waals surface area contributed by atoms with Crippen LogP contribution in [0.25, 0.3) is 0 Å². The first kappa shape index (κ1) is 44.3. The number of aromatic nitrogens is 3. The number of rotatable bonds is 29. The average molecular weight is 765 g/mol. The molecule has 3 rings (SSSR count). The summed E-state index contributed by atoms with van der Waals surface area (Å²) in [7, 11) is 0. The summed E-state index contributed by atoms with van der Waals surface area (Å²) >= 11 is 2.44. The van der Waals surface area contributed by atoms with Crippen LogP contribution in [0.15, 0.2) is 71.0 Å². The summed E-state index contributed by atoms with van der Waals surface area (Å²) in [4.78, 5) is 42.0. The first-order valence-corrected chi connectivity index (χ1v) is 22.2. The summed E-state index contributed by atoms with van der Waals surface area (Å²) < 4.78 is 11.5. The summed E-state index contributed by atoms with van der Waals surface area (Å²) in [6, 6.07) is 19.8. The Bertz CT molecular complexity index is 1310. The third kappa shape index (κ3) is 19.2. The molecular weight excluding hydrogens is 701 g/mol. The molecule has 0 amide bonds. The number of nitrogens with zero attached hydrogens (tertiary/aromatic N) is 4. The minimum atomic E-state index is -0.296. The molecule has 0 saturated heterocycles. The fourth-order valence-electron chi connectivity index (χ4n) is 6.10. The van der Waals surface area contributed by atoms with E-state index in [4.69, 9.17) is 19.4 Å². The normalized spacial score (nSPS) is 12.3. The van der Waals surface area contributed by atoms with Crippen molar-refractivity contribution in [2.45, 2.75) is 166 Å². The van der Waals surface area contributed by atoms with Crippen LogP contribution in [0, 0.1) is 0 Å². The summed E-state index contributed by atoms with van der Waals surface area (Å²) in [6.07, 6.45) is 21.4. The molecule has 0 saturated carbocycles. The predicted molar refractivity (Wildman–Crippen MR) is 222 cm³/mol. The van der Waals surface area contributed by atoms with Crippen LogP contribution in [0.1, 0.15) is 143 Å². The highest BCUT2D eigenvalue weighted by Gasteiger charge is 2.20. The second-order valence-corrected chi connectivity index (χ2v) is 15.8. The lowest BCUT2D eigenvalue weighted by molar-refractivity contribution is -0.146. The molecule has 1 aromatic heterocycles. The van der Waals surface area contributed by atoms with Crippen molar-refractivity contribution < 1.29 is 19.1 Å². The van der Waals surface area contributed by atoms with Gasteiger partial charge in [-0.1, -0.05) is 164 Å². The zero-order valence-corrected chi connectivity index (χ0v) is 34.4. The molecule has 3 aromatic rings. The van der Waals surface area contributed by atoms with Gasteiger partial charge in [0.2, 0.25) is 5.95 Å². The topological polar surface area (TPSA) is 94.5 Å². The Morgan fingerprint density at radius 3 is 1.28 bits per heavy atom. The number of benzene rings is 2. The van der Waals surface area contributed by atoms with E-state index in [1.165, 1.54) is 113 Å². The molecule has 0 spiro atoms. The number of esters is 2. The van der Waals surface area contributed by atoms with E-state index in [0.717, 1.165) is 37.1 Å². The fourth-order valence-corrected chi connectivity index (χ4v) is 7.39. The average Bonchev–Trinajstić information content (AvgIpc) is 3.16. The van der Waals surface area contributed by atoms with Crippen molar-refractivity contribution in [2.75, 3.05) is 16.4 Å². The molecule has 0 aliphatic heterocycles. The van der Waals surface area contributed by atoms with Crippen molar-refractivity contribution in [1.82, 2.24) is 15.0 Å². The summed E-state index contributed by atoms with van der Waals surface area (Å²) in [5, 5.41) is 0.775. The number of ether oxygens (including phenoxy) is 2. The van der Waals surface area contributed by atoms with Crippen molar-refractivity contribution >= 4 is 52.8 Å². The largest absolute Gasteiger partial charge is 0.462 e. The van der Waals surface area contributed by atoms with Gasteiger partial charge in [0.25, 0.3) is 0 Å². The molecule has 2 aromatic carbocycles. The van der Waals surface area contributed by atoms with Crippen LogP contribution < -0.4 is 4.90 Å². The van der Waals surface area contributed by atoms with Crippen LogP contribution in [0.3, 0.4) is 0 Å². The van der Waals surface area contributed by atoms with Gasteiger partial charge in [-0.25, -0.2) is 0 Å². The summed E-state index contributed by atoms with van der Waals surface area (Å²) in [6.45, 7) is 8.41. The van der Waals surface area contributed by atoms with Gasteiger partial charge in [0.05, 0.1) is 23.7 Å². The van der Waals surface area contributed by atoms with Crippen LogP contribution in [0.4, 0.5) is 17.3 Å². The molecule has 2 atom stereocenters. The van der Waals surface area contributed by atoms with Crippen molar-refractivity contribution in [3.8, 4) is 0 Å². The number of hydrogen-bond donors (Lipinski definition) is 0. The van der Waals surface area contributed by atoms with Crippen LogP contribution in [-0.4, -0.2) is 50.6 Å². The third-order valence-electron chi connectivity index (χ3n) is 9.04. The standard InChI is InChI=1S/C43H64N4O4S2/c1-5-7-9-11-13-15-17-21-27-35(3)50-39(48)33-52-42-44-41(47(37-29-23-19-24-30-37)38-31-25-20-26-32-38)45-43(46-42)53-34-40(49)51-36(4)28-22-18-16-14-12-10-8-6-2/h19-20,23-26,29-32,35-36H,5-18,21-22,27-28,33-34H2,1-4H3/t35-,36-/m0/s1. The number of carbonyl (C=O) groups excluding carboxylic acids is 2. The maximum absolute atomic E-state index is 12.9. The summed E-state index contributed by atoms with van der Waals surface area (Å²) in [5.74, 6) is -0.0463. The van der Waals surface area contributed by atoms with Crippen molar-refractivity contribution in [3.63, 3.8) is 0 Å². The van der Waals surface area contributed by atoms with Gasteiger partial charge in [-0.3, -0.25) is 14.5 Å². The van der Waals surface area contributed by atoms with Crippen molar-refractivity contribution in [3.05, 3.63) is 60.7 Å². The van der Waals surface area contributed by atoms with Crippen molar-refractivity contribution in [2.24, 2.45) is 0 Å². The molecule has 10 heteroatoms. The van der Waals surface area contributed by atoms with E-state index in [1.807, 2.05) is 79.4 Å². The Hall–Kier alpha value is -3.11. The van der Waals surface area contributed by atoms with E-state index >= 15 is 0 Å². The molecule has 0 fully saturated rings. The number of thioether (sulfide) groups is 2. The van der Waals surface area contributed by atoms with E-state index < -0.39 is 0 Å². The fraction of sp³-hybridized carbons (Fsp3) is 0.605. The highest BCUT2D eigenvalue weighted by atomic mass is 32.2. The SMILES string of the molecule is CCCCCCCCCC[C@H](C)OC(=O)CSc1nc(SCC(=O)O[C@@H](C)CCCCCCCCCC)nc(N(c2ccccc2)c2ccccc2)n1. The lowest BCUT2D eigenvalue weighted by Gasteiger charge is -2.23. The van der Waals surface area contributed by atoms with Crippen LogP contribution in [-0.2, 0) is 19.1 Å². The van der Waals surface area contributed by atoms with Gasteiger partial charge < -0.3 is 9.47 Å². The highest BCUT2D eigenvalue weighted by molar-refractivity contribution is 8.00. The molecule has 8 nitrogen and oxygen atoms in total. The lowest BCUT2D eigenvalue weighted by atomic mass is 10.1. The molecule has 292 valence electrons. The summed E-state index contributed by atoms with van der Waals surface area (Å²) in [5.41, 5.74) is 1.75. The molecule has 0 aliphatic rings. The van der Waals surface area contributed by atoms with Gasteiger partial charge in [-0.05, 0) is 63.8 Å². The third-order valence-corrected chi connectivity index (χ3v) is 10.7. The van der Waals surface area contributed by atoms with Crippen molar-refractivity contribution in [1.29, 1.82) is 0 Å². The second-order valence-electron chi connectivity index (χ2n) is 13.9. The molecule has 0 radical (unpaired) electrons. The Morgan fingerprint density at radius 2 is 0.906 bits per heavy atom. The molecule has 0 N–H and O–H groups in total. The number of para-hydroxylation sites is 2. The Kier molecular flexibility index (Phi) is 23.0. The van der Waals surface area contributed by atoms with Gasteiger partial charge in [0.15, 0.2) is 10.3 Å². The minimum absolute atomic E-state index is 0.0737. The number of anilines is 3. The first-order chi connectivity index (χ1) is 25.9. The lowest BCUT2D eigenvalue weighted by Crippen LogP contribution is -2.18. The highest BCUT2D eigenvalue weighted by Crippen LogP contribution is 2.33. The predicted octanol–water partition coefficient (Wildman–Crippen LogP) is 12.5. The molecule has 0 bridgehead atoms. The van der Waals surface area contributed by atoms with Gasteiger partial charge in [-0.15, -0.1) is 0 Å². The minimum Gasteiger partial charge on any atom is -0.462 e. The number of hydrogen-bond acceptors (Lipinski definition) is 10. The van der Waals surface area contributed by atoms with E-state index in [9.17, 15) is 9.59 Å². The zero-order valence-electron chi connectivity index (χ0n) is 32.8. The Labute approximate surface area is 328 Å².